The van der Waals surface area contributed by atoms with E-state index in [2.05, 4.69) is 15.9 Å². The molecule has 12 heavy (non-hydrogen) atoms. The summed E-state index contributed by atoms with van der Waals surface area (Å²) in [5.74, 6) is 0.628. The number of benzene rings is 1. The number of hydrogen-bond donors (Lipinski definition) is 0. The molecule has 0 saturated carbocycles. The van der Waals surface area contributed by atoms with Crippen molar-refractivity contribution in [1.82, 2.24) is 0 Å². The maximum Gasteiger partial charge on any atom is 0.139 e. The summed E-state index contributed by atoms with van der Waals surface area (Å²) in [5, 5.41) is 1.76. The average molecular weight is 270 g/mol. The zero-order valence-corrected chi connectivity index (χ0v) is 9.29. The fourth-order valence-corrected chi connectivity index (χ4v) is 1.25. The van der Waals surface area contributed by atoms with Crippen LogP contribution in [0.25, 0.3) is 0 Å². The summed E-state index contributed by atoms with van der Waals surface area (Å²) in [7, 11) is 0. The molecule has 1 aromatic carbocycles. The lowest BCUT2D eigenvalue weighted by Gasteiger charge is -2.06. The summed E-state index contributed by atoms with van der Waals surface area (Å²) in [5.41, 5.74) is 0. The highest BCUT2D eigenvalue weighted by Crippen LogP contribution is 2.31. The molecular formula is C8H7BrCl2O. The molecular weight excluding hydrogens is 263 g/mol. The molecule has 0 N–H and O–H groups in total. The normalized spacial score (nSPS) is 9.92. The summed E-state index contributed by atoms with van der Waals surface area (Å²) in [4.78, 5) is 0. The summed E-state index contributed by atoms with van der Waals surface area (Å²) in [6.07, 6.45) is 0. The molecule has 0 radical (unpaired) electrons. The van der Waals surface area contributed by atoms with Crippen LogP contribution in [0.5, 0.6) is 5.75 Å². The average Bonchev–Trinajstić information content (AvgIpc) is 2.08. The molecule has 0 unspecified atom stereocenters. The van der Waals surface area contributed by atoms with E-state index in [4.69, 9.17) is 27.9 Å². The molecule has 0 atom stereocenters. The van der Waals surface area contributed by atoms with E-state index in [-0.39, 0.29) is 0 Å². The lowest BCUT2D eigenvalue weighted by atomic mass is 10.3. The number of hydrogen-bond acceptors (Lipinski definition) is 1. The van der Waals surface area contributed by atoms with Crippen molar-refractivity contribution in [3.05, 3.63) is 28.2 Å². The second-order valence-corrected chi connectivity index (χ2v) is 3.67. The fraction of sp³-hybridized carbons (Fsp3) is 0.250. The van der Waals surface area contributed by atoms with E-state index < -0.39 is 0 Å². The predicted molar refractivity (Wildman–Crippen MR) is 55.8 cm³/mol. The molecule has 0 aromatic heterocycles. The van der Waals surface area contributed by atoms with Crippen molar-refractivity contribution in [3.63, 3.8) is 0 Å². The molecule has 0 aliphatic rings. The maximum atomic E-state index is 5.86. The smallest absolute Gasteiger partial charge is 0.139 e. The monoisotopic (exact) mass is 268 g/mol. The van der Waals surface area contributed by atoms with Gasteiger partial charge in [-0.1, -0.05) is 45.2 Å². The van der Waals surface area contributed by atoms with E-state index in [1.807, 2.05) is 0 Å². The Hall–Kier alpha value is 0.0800. The summed E-state index contributed by atoms with van der Waals surface area (Å²) in [6, 6.07) is 5.32. The van der Waals surface area contributed by atoms with Crippen LogP contribution in [0.2, 0.25) is 10.0 Å². The molecule has 66 valence electrons. The zero-order valence-electron chi connectivity index (χ0n) is 6.19. The third-order valence-electron chi connectivity index (χ3n) is 1.25. The number of ether oxygens (including phenoxy) is 1. The Morgan fingerprint density at radius 2 is 2.08 bits per heavy atom. The van der Waals surface area contributed by atoms with E-state index in [0.29, 0.717) is 22.4 Å². The van der Waals surface area contributed by atoms with Gasteiger partial charge in [0.05, 0.1) is 11.6 Å². The minimum Gasteiger partial charge on any atom is -0.491 e. The van der Waals surface area contributed by atoms with Gasteiger partial charge in [-0.05, 0) is 12.1 Å². The van der Waals surface area contributed by atoms with Crippen LogP contribution < -0.4 is 4.74 Å². The third kappa shape index (κ3) is 2.54. The molecule has 0 aliphatic carbocycles. The molecule has 1 rings (SSSR count). The highest BCUT2D eigenvalue weighted by molar-refractivity contribution is 9.09. The van der Waals surface area contributed by atoms with Gasteiger partial charge >= 0.3 is 0 Å². The molecule has 0 spiro atoms. The van der Waals surface area contributed by atoms with Crippen LogP contribution in [-0.4, -0.2) is 11.9 Å². The maximum absolute atomic E-state index is 5.86. The van der Waals surface area contributed by atoms with Crippen LogP contribution >= 0.6 is 39.1 Å². The molecule has 0 amide bonds. The first-order valence-corrected chi connectivity index (χ1v) is 5.26. The van der Waals surface area contributed by atoms with Crippen molar-refractivity contribution in [3.8, 4) is 5.75 Å². The standard InChI is InChI=1S/C8H7BrCl2O/c9-4-5-12-7-3-1-2-6(10)8(7)11/h1-3H,4-5H2. The summed E-state index contributed by atoms with van der Waals surface area (Å²) >= 11 is 14.9. The minimum absolute atomic E-state index is 0.472. The Balaban J connectivity index is 2.78. The van der Waals surface area contributed by atoms with Gasteiger partial charge in [0.25, 0.3) is 0 Å². The van der Waals surface area contributed by atoms with Crippen molar-refractivity contribution >= 4 is 39.1 Å². The SMILES string of the molecule is Clc1cccc(OCCBr)c1Cl. The topological polar surface area (TPSA) is 9.23 Å². The van der Waals surface area contributed by atoms with E-state index in [9.17, 15) is 0 Å². The van der Waals surface area contributed by atoms with Crippen LogP contribution in [0.4, 0.5) is 0 Å². The van der Waals surface area contributed by atoms with E-state index in [0.717, 1.165) is 5.33 Å². The molecule has 1 aromatic rings. The Bertz CT molecular complexity index is 265. The highest BCUT2D eigenvalue weighted by Gasteiger charge is 2.03. The highest BCUT2D eigenvalue weighted by atomic mass is 79.9. The largest absolute Gasteiger partial charge is 0.491 e. The molecule has 4 heteroatoms. The van der Waals surface area contributed by atoms with Crippen LogP contribution in [0, 0.1) is 0 Å². The van der Waals surface area contributed by atoms with Crippen molar-refractivity contribution in [2.24, 2.45) is 0 Å². The Morgan fingerprint density at radius 1 is 1.33 bits per heavy atom. The van der Waals surface area contributed by atoms with Gasteiger partial charge in [-0.2, -0.15) is 0 Å². The lowest BCUT2D eigenvalue weighted by Crippen LogP contribution is -1.97. The zero-order chi connectivity index (χ0) is 8.97. The first-order valence-electron chi connectivity index (χ1n) is 3.38. The van der Waals surface area contributed by atoms with Crippen LogP contribution in [-0.2, 0) is 0 Å². The second kappa shape index (κ2) is 4.95. The Morgan fingerprint density at radius 3 is 2.75 bits per heavy atom. The van der Waals surface area contributed by atoms with E-state index >= 15 is 0 Å². The Kier molecular flexibility index (Phi) is 4.19. The first kappa shape index (κ1) is 10.2. The van der Waals surface area contributed by atoms with Crippen molar-refractivity contribution in [2.75, 3.05) is 11.9 Å². The molecule has 0 aliphatic heterocycles. The van der Waals surface area contributed by atoms with Gasteiger partial charge in [0.2, 0.25) is 0 Å². The molecule has 1 nitrogen and oxygen atoms in total. The van der Waals surface area contributed by atoms with Crippen molar-refractivity contribution in [1.29, 1.82) is 0 Å². The van der Waals surface area contributed by atoms with Gasteiger partial charge in [-0.15, -0.1) is 0 Å². The van der Waals surface area contributed by atoms with Crippen molar-refractivity contribution in [2.45, 2.75) is 0 Å². The molecule has 0 fully saturated rings. The molecule has 0 heterocycles. The third-order valence-corrected chi connectivity index (χ3v) is 2.38. The lowest BCUT2D eigenvalue weighted by molar-refractivity contribution is 0.345. The minimum atomic E-state index is 0.472. The van der Waals surface area contributed by atoms with Crippen LogP contribution in [0.1, 0.15) is 0 Å². The molecule has 0 saturated heterocycles. The van der Waals surface area contributed by atoms with Gasteiger partial charge < -0.3 is 4.74 Å². The number of rotatable bonds is 3. The van der Waals surface area contributed by atoms with E-state index in [1.165, 1.54) is 0 Å². The summed E-state index contributed by atoms with van der Waals surface area (Å²) in [6.45, 7) is 0.583. The van der Waals surface area contributed by atoms with Gasteiger partial charge in [0.1, 0.15) is 10.8 Å². The number of halogens is 3. The van der Waals surface area contributed by atoms with Crippen molar-refractivity contribution < 1.29 is 4.74 Å². The predicted octanol–water partition coefficient (Wildman–Crippen LogP) is 3.77. The Labute approximate surface area is 89.7 Å². The first-order chi connectivity index (χ1) is 5.75. The van der Waals surface area contributed by atoms with Gasteiger partial charge in [-0.3, -0.25) is 0 Å². The number of alkyl halides is 1. The second-order valence-electron chi connectivity index (χ2n) is 2.09. The van der Waals surface area contributed by atoms with Gasteiger partial charge in [-0.25, -0.2) is 0 Å². The van der Waals surface area contributed by atoms with Gasteiger partial charge in [0.15, 0.2) is 0 Å². The quantitative estimate of drug-likeness (QED) is 0.759. The van der Waals surface area contributed by atoms with Crippen LogP contribution in [0.3, 0.4) is 0 Å². The van der Waals surface area contributed by atoms with E-state index in [1.54, 1.807) is 18.2 Å². The fourth-order valence-electron chi connectivity index (χ4n) is 0.744. The summed E-state index contributed by atoms with van der Waals surface area (Å²) < 4.78 is 5.30. The molecule has 0 bridgehead atoms. The van der Waals surface area contributed by atoms with Crippen LogP contribution in [0.15, 0.2) is 18.2 Å². The van der Waals surface area contributed by atoms with Gasteiger partial charge in [0, 0.05) is 5.33 Å².